The molecule has 0 radical (unpaired) electrons. The summed E-state index contributed by atoms with van der Waals surface area (Å²) in [7, 11) is 0. The van der Waals surface area contributed by atoms with Crippen LogP contribution in [0.5, 0.6) is 0 Å². The number of benzene rings is 1. The first kappa shape index (κ1) is 14.3. The van der Waals surface area contributed by atoms with E-state index in [0.717, 1.165) is 11.1 Å². The lowest BCUT2D eigenvalue weighted by Gasteiger charge is -2.32. The first-order chi connectivity index (χ1) is 9.09. The molecule has 2 rings (SSSR count). The highest BCUT2D eigenvalue weighted by Gasteiger charge is 2.27. The molecule has 1 fully saturated rings. The summed E-state index contributed by atoms with van der Waals surface area (Å²) in [5.41, 5.74) is 1.95. The van der Waals surface area contributed by atoms with Crippen molar-refractivity contribution < 1.29 is 14.6 Å². The van der Waals surface area contributed by atoms with E-state index >= 15 is 0 Å². The van der Waals surface area contributed by atoms with E-state index in [1.54, 1.807) is 0 Å². The molecule has 0 amide bonds. The zero-order valence-corrected chi connectivity index (χ0v) is 11.7. The summed E-state index contributed by atoms with van der Waals surface area (Å²) in [5.74, 6) is -0.790. The van der Waals surface area contributed by atoms with Crippen molar-refractivity contribution >= 4 is 17.6 Å². The Bertz CT molecular complexity index is 458. The third kappa shape index (κ3) is 3.47. The molecule has 0 spiro atoms. The van der Waals surface area contributed by atoms with Gasteiger partial charge < -0.3 is 9.84 Å². The fourth-order valence-electron chi connectivity index (χ4n) is 2.34. The van der Waals surface area contributed by atoms with Crippen LogP contribution < -0.4 is 0 Å². The van der Waals surface area contributed by atoms with Gasteiger partial charge in [-0.05, 0) is 30.5 Å². The van der Waals surface area contributed by atoms with Crippen molar-refractivity contribution in [1.29, 1.82) is 0 Å². The molecule has 0 bridgehead atoms. The summed E-state index contributed by atoms with van der Waals surface area (Å²) in [5, 5.41) is 10.1. The van der Waals surface area contributed by atoms with Crippen LogP contribution in [-0.4, -0.2) is 48.3 Å². The van der Waals surface area contributed by atoms with Gasteiger partial charge in [-0.2, -0.15) is 0 Å². The minimum Gasteiger partial charge on any atom is -0.480 e. The summed E-state index contributed by atoms with van der Waals surface area (Å²) >= 11 is 6.08. The van der Waals surface area contributed by atoms with Crippen molar-refractivity contribution in [2.24, 2.45) is 0 Å². The summed E-state index contributed by atoms with van der Waals surface area (Å²) in [6.45, 7) is 4.44. The summed E-state index contributed by atoms with van der Waals surface area (Å²) < 4.78 is 5.27. The lowest BCUT2D eigenvalue weighted by atomic mass is 10.00. The number of carboxylic acid groups (broad SMARTS) is 1. The Morgan fingerprint density at radius 3 is 2.79 bits per heavy atom. The number of nitrogens with zero attached hydrogens (tertiary/aromatic N) is 1. The fraction of sp³-hybridized carbons (Fsp3) is 0.500. The highest BCUT2D eigenvalue weighted by molar-refractivity contribution is 6.31. The smallest absolute Gasteiger partial charge is 0.321 e. The van der Waals surface area contributed by atoms with E-state index in [2.05, 4.69) is 0 Å². The number of carboxylic acids is 1. The predicted molar refractivity (Wildman–Crippen MR) is 73.7 cm³/mol. The van der Waals surface area contributed by atoms with Crippen LogP contribution in [-0.2, 0) is 16.0 Å². The van der Waals surface area contributed by atoms with Crippen molar-refractivity contribution in [3.63, 3.8) is 0 Å². The van der Waals surface area contributed by atoms with Crippen LogP contribution in [0.4, 0.5) is 0 Å². The van der Waals surface area contributed by atoms with Crippen LogP contribution in [0, 0.1) is 6.92 Å². The van der Waals surface area contributed by atoms with Crippen molar-refractivity contribution in [2.75, 3.05) is 26.3 Å². The monoisotopic (exact) mass is 283 g/mol. The van der Waals surface area contributed by atoms with Gasteiger partial charge in [0.25, 0.3) is 0 Å². The topological polar surface area (TPSA) is 49.8 Å². The molecular formula is C14H18ClNO3. The molecule has 0 saturated carbocycles. The van der Waals surface area contributed by atoms with Crippen LogP contribution in [0.1, 0.15) is 11.1 Å². The lowest BCUT2D eigenvalue weighted by Crippen LogP contribution is -2.48. The Balaban J connectivity index is 2.16. The molecule has 1 saturated heterocycles. The largest absolute Gasteiger partial charge is 0.480 e. The van der Waals surface area contributed by atoms with Gasteiger partial charge in [0.2, 0.25) is 0 Å². The molecule has 1 atom stereocenters. The second kappa shape index (κ2) is 6.37. The standard InChI is InChI=1S/C14H18ClNO3/c1-10-11(3-2-4-12(10)15)9-13(14(17)18)16-5-7-19-8-6-16/h2-4,13H,5-9H2,1H3,(H,17,18). The lowest BCUT2D eigenvalue weighted by molar-refractivity contribution is -0.145. The Morgan fingerprint density at radius 2 is 2.16 bits per heavy atom. The number of ether oxygens (including phenoxy) is 1. The molecule has 1 aromatic rings. The molecule has 1 aliphatic rings. The van der Waals surface area contributed by atoms with Gasteiger partial charge in [-0.3, -0.25) is 9.69 Å². The van der Waals surface area contributed by atoms with E-state index in [-0.39, 0.29) is 0 Å². The van der Waals surface area contributed by atoms with Crippen molar-refractivity contribution in [1.82, 2.24) is 4.90 Å². The number of carbonyl (C=O) groups is 1. The maximum Gasteiger partial charge on any atom is 0.321 e. The van der Waals surface area contributed by atoms with E-state index in [4.69, 9.17) is 16.3 Å². The molecule has 19 heavy (non-hydrogen) atoms. The summed E-state index contributed by atoms with van der Waals surface area (Å²) in [4.78, 5) is 13.4. The second-order valence-corrected chi connectivity index (χ2v) is 5.14. The summed E-state index contributed by atoms with van der Waals surface area (Å²) in [6, 6.07) is 5.12. The normalized spacial score (nSPS) is 18.2. The Labute approximate surface area is 117 Å². The molecule has 1 unspecified atom stereocenters. The average molecular weight is 284 g/mol. The zero-order valence-electron chi connectivity index (χ0n) is 10.9. The predicted octanol–water partition coefficient (Wildman–Crippen LogP) is 1.98. The SMILES string of the molecule is Cc1c(Cl)cccc1CC(C(=O)O)N1CCOCC1. The molecule has 104 valence electrons. The molecule has 0 aromatic heterocycles. The molecular weight excluding hydrogens is 266 g/mol. The highest BCUT2D eigenvalue weighted by atomic mass is 35.5. The van der Waals surface area contributed by atoms with Gasteiger partial charge >= 0.3 is 5.97 Å². The van der Waals surface area contributed by atoms with Crippen LogP contribution >= 0.6 is 11.6 Å². The van der Waals surface area contributed by atoms with E-state index < -0.39 is 12.0 Å². The van der Waals surface area contributed by atoms with Gasteiger partial charge in [0.05, 0.1) is 13.2 Å². The van der Waals surface area contributed by atoms with E-state index in [0.29, 0.717) is 37.7 Å². The molecule has 1 N–H and O–H groups in total. The molecule has 5 heteroatoms. The number of rotatable bonds is 4. The van der Waals surface area contributed by atoms with Gasteiger partial charge in [0, 0.05) is 18.1 Å². The minimum atomic E-state index is -0.790. The zero-order chi connectivity index (χ0) is 13.8. The quantitative estimate of drug-likeness (QED) is 0.918. The van der Waals surface area contributed by atoms with Crippen molar-refractivity contribution in [3.8, 4) is 0 Å². The van der Waals surface area contributed by atoms with Gasteiger partial charge in [-0.25, -0.2) is 0 Å². The second-order valence-electron chi connectivity index (χ2n) is 4.73. The first-order valence-electron chi connectivity index (χ1n) is 6.38. The van der Waals surface area contributed by atoms with Gasteiger partial charge in [-0.1, -0.05) is 23.7 Å². The highest BCUT2D eigenvalue weighted by Crippen LogP contribution is 2.21. The van der Waals surface area contributed by atoms with Crippen molar-refractivity contribution in [2.45, 2.75) is 19.4 Å². The van der Waals surface area contributed by atoms with Crippen LogP contribution in [0.25, 0.3) is 0 Å². The number of aliphatic carboxylic acids is 1. The Kier molecular flexibility index (Phi) is 4.80. The molecule has 1 aliphatic heterocycles. The van der Waals surface area contributed by atoms with Crippen LogP contribution in [0.15, 0.2) is 18.2 Å². The molecule has 4 nitrogen and oxygen atoms in total. The van der Waals surface area contributed by atoms with E-state index in [1.807, 2.05) is 30.0 Å². The molecule has 1 aromatic carbocycles. The fourth-order valence-corrected chi connectivity index (χ4v) is 2.54. The average Bonchev–Trinajstić information content (AvgIpc) is 2.41. The number of hydrogen-bond donors (Lipinski definition) is 1. The Hall–Kier alpha value is -1.10. The van der Waals surface area contributed by atoms with Gasteiger partial charge in [0.15, 0.2) is 0 Å². The van der Waals surface area contributed by atoms with Crippen LogP contribution in [0.3, 0.4) is 0 Å². The van der Waals surface area contributed by atoms with E-state index in [9.17, 15) is 9.90 Å². The number of halogens is 1. The van der Waals surface area contributed by atoms with Gasteiger partial charge in [-0.15, -0.1) is 0 Å². The maximum absolute atomic E-state index is 11.5. The third-order valence-corrected chi connectivity index (χ3v) is 3.97. The third-order valence-electron chi connectivity index (χ3n) is 3.56. The minimum absolute atomic E-state index is 0.474. The summed E-state index contributed by atoms with van der Waals surface area (Å²) in [6.07, 6.45) is 0.474. The molecule has 1 heterocycles. The number of hydrogen-bond acceptors (Lipinski definition) is 3. The van der Waals surface area contributed by atoms with Crippen LogP contribution in [0.2, 0.25) is 5.02 Å². The first-order valence-corrected chi connectivity index (χ1v) is 6.76. The van der Waals surface area contributed by atoms with E-state index in [1.165, 1.54) is 0 Å². The maximum atomic E-state index is 11.5. The van der Waals surface area contributed by atoms with Crippen molar-refractivity contribution in [3.05, 3.63) is 34.3 Å². The number of morpholine rings is 1. The Morgan fingerprint density at radius 1 is 1.47 bits per heavy atom. The van der Waals surface area contributed by atoms with Gasteiger partial charge in [0.1, 0.15) is 6.04 Å². The molecule has 0 aliphatic carbocycles.